The van der Waals surface area contributed by atoms with Crippen molar-refractivity contribution in [3.8, 4) is 5.75 Å². The maximum atomic E-state index is 10.0. The van der Waals surface area contributed by atoms with E-state index in [0.717, 1.165) is 5.56 Å². The van der Waals surface area contributed by atoms with Crippen LogP contribution in [0.15, 0.2) is 53.4 Å². The molecule has 0 aromatic heterocycles. The smallest absolute Gasteiger partial charge is 0.115 e. The topological polar surface area (TPSA) is 40.5 Å². The first-order valence-electron chi connectivity index (χ1n) is 6.29. The average molecular weight is 274 g/mol. The lowest BCUT2D eigenvalue weighted by atomic mass is 10.1. The molecule has 0 aliphatic rings. The standard InChI is InChI=1S/C16H18O2S/c1-12-3-2-4-16(9-12)19-11-15(18)10-13-5-7-14(17)8-6-13/h2-9,15,17-18H,10-11H2,1H3. The summed E-state index contributed by atoms with van der Waals surface area (Å²) >= 11 is 1.67. The molecule has 3 heteroatoms. The van der Waals surface area contributed by atoms with Crippen LogP contribution in [-0.4, -0.2) is 22.1 Å². The van der Waals surface area contributed by atoms with Gasteiger partial charge in [0.2, 0.25) is 0 Å². The normalized spacial score (nSPS) is 12.3. The highest BCUT2D eigenvalue weighted by atomic mass is 32.2. The predicted molar refractivity (Wildman–Crippen MR) is 79.7 cm³/mol. The summed E-state index contributed by atoms with van der Waals surface area (Å²) < 4.78 is 0. The van der Waals surface area contributed by atoms with Crippen LogP contribution < -0.4 is 0 Å². The summed E-state index contributed by atoms with van der Waals surface area (Å²) in [4.78, 5) is 1.18. The second kappa shape index (κ2) is 6.64. The van der Waals surface area contributed by atoms with Crippen molar-refractivity contribution in [1.82, 2.24) is 0 Å². The quantitative estimate of drug-likeness (QED) is 0.821. The van der Waals surface area contributed by atoms with E-state index in [1.807, 2.05) is 18.2 Å². The van der Waals surface area contributed by atoms with Crippen LogP contribution in [0.3, 0.4) is 0 Å². The minimum atomic E-state index is -0.380. The van der Waals surface area contributed by atoms with Gasteiger partial charge in [0.15, 0.2) is 0 Å². The van der Waals surface area contributed by atoms with E-state index in [1.165, 1.54) is 10.5 Å². The largest absolute Gasteiger partial charge is 0.508 e. The number of benzene rings is 2. The van der Waals surface area contributed by atoms with Crippen molar-refractivity contribution in [3.05, 3.63) is 59.7 Å². The molecule has 0 aliphatic heterocycles. The second-order valence-electron chi connectivity index (χ2n) is 4.65. The number of phenolic OH excluding ortho intramolecular Hbond substituents is 1. The van der Waals surface area contributed by atoms with Crippen LogP contribution in [-0.2, 0) is 6.42 Å². The van der Waals surface area contributed by atoms with Gasteiger partial charge in [-0.2, -0.15) is 0 Å². The number of hydrogen-bond acceptors (Lipinski definition) is 3. The number of hydrogen-bond donors (Lipinski definition) is 2. The van der Waals surface area contributed by atoms with E-state index in [2.05, 4.69) is 25.1 Å². The van der Waals surface area contributed by atoms with Gasteiger partial charge in [0.05, 0.1) is 6.10 Å². The van der Waals surface area contributed by atoms with E-state index in [-0.39, 0.29) is 11.9 Å². The Hall–Kier alpha value is -1.45. The molecule has 1 unspecified atom stereocenters. The van der Waals surface area contributed by atoms with Gasteiger partial charge < -0.3 is 10.2 Å². The molecule has 2 aromatic carbocycles. The number of aryl methyl sites for hydroxylation is 1. The third kappa shape index (κ3) is 4.62. The van der Waals surface area contributed by atoms with Crippen LogP contribution in [0.5, 0.6) is 5.75 Å². The zero-order chi connectivity index (χ0) is 13.7. The van der Waals surface area contributed by atoms with E-state index >= 15 is 0 Å². The number of phenols is 1. The Bertz CT molecular complexity index is 523. The number of aliphatic hydroxyl groups excluding tert-OH is 1. The van der Waals surface area contributed by atoms with Crippen molar-refractivity contribution < 1.29 is 10.2 Å². The Labute approximate surface area is 118 Å². The molecular formula is C16H18O2S. The van der Waals surface area contributed by atoms with Crippen molar-refractivity contribution in [3.63, 3.8) is 0 Å². The van der Waals surface area contributed by atoms with Crippen molar-refractivity contribution in [2.75, 3.05) is 5.75 Å². The molecule has 19 heavy (non-hydrogen) atoms. The molecule has 0 saturated carbocycles. The summed E-state index contributed by atoms with van der Waals surface area (Å²) in [5.74, 6) is 0.928. The van der Waals surface area contributed by atoms with Gasteiger partial charge in [-0.15, -0.1) is 11.8 Å². The van der Waals surface area contributed by atoms with E-state index in [1.54, 1.807) is 23.9 Å². The lowest BCUT2D eigenvalue weighted by Gasteiger charge is -2.10. The van der Waals surface area contributed by atoms with Crippen LogP contribution >= 0.6 is 11.8 Å². The van der Waals surface area contributed by atoms with Crippen LogP contribution in [0, 0.1) is 6.92 Å². The first-order chi connectivity index (χ1) is 9.13. The van der Waals surface area contributed by atoms with Gasteiger partial charge >= 0.3 is 0 Å². The highest BCUT2D eigenvalue weighted by Crippen LogP contribution is 2.21. The highest BCUT2D eigenvalue weighted by Gasteiger charge is 2.06. The molecule has 100 valence electrons. The maximum Gasteiger partial charge on any atom is 0.115 e. The summed E-state index contributed by atoms with van der Waals surface area (Å²) in [6.45, 7) is 2.07. The molecule has 2 rings (SSSR count). The molecule has 0 saturated heterocycles. The molecule has 2 nitrogen and oxygen atoms in total. The number of thioether (sulfide) groups is 1. The van der Waals surface area contributed by atoms with E-state index in [0.29, 0.717) is 12.2 Å². The summed E-state index contributed by atoms with van der Waals surface area (Å²) in [5.41, 5.74) is 2.27. The summed E-state index contributed by atoms with van der Waals surface area (Å²) in [7, 11) is 0. The fourth-order valence-corrected chi connectivity index (χ4v) is 2.81. The van der Waals surface area contributed by atoms with Gasteiger partial charge in [-0.05, 0) is 43.2 Å². The van der Waals surface area contributed by atoms with Gasteiger partial charge in [-0.25, -0.2) is 0 Å². The summed E-state index contributed by atoms with van der Waals surface area (Å²) in [6, 6.07) is 15.3. The third-order valence-corrected chi connectivity index (χ3v) is 3.98. The molecule has 0 bridgehead atoms. The minimum absolute atomic E-state index is 0.257. The predicted octanol–water partition coefficient (Wildman–Crippen LogP) is 3.40. The Balaban J connectivity index is 1.84. The van der Waals surface area contributed by atoms with Crippen LogP contribution in [0.1, 0.15) is 11.1 Å². The van der Waals surface area contributed by atoms with Crippen LogP contribution in [0.2, 0.25) is 0 Å². The van der Waals surface area contributed by atoms with Gasteiger partial charge in [-0.1, -0.05) is 29.8 Å². The fourth-order valence-electron chi connectivity index (χ4n) is 1.86. The SMILES string of the molecule is Cc1cccc(SCC(O)Cc2ccc(O)cc2)c1. The van der Waals surface area contributed by atoms with Crippen LogP contribution in [0.25, 0.3) is 0 Å². The van der Waals surface area contributed by atoms with Gasteiger partial charge in [0.25, 0.3) is 0 Å². The Morgan fingerprint density at radius 2 is 1.84 bits per heavy atom. The molecule has 0 radical (unpaired) electrons. The van der Waals surface area contributed by atoms with Gasteiger partial charge in [-0.3, -0.25) is 0 Å². The molecule has 1 atom stereocenters. The molecule has 0 fully saturated rings. The lowest BCUT2D eigenvalue weighted by molar-refractivity contribution is 0.200. The summed E-state index contributed by atoms with van der Waals surface area (Å²) in [5, 5.41) is 19.2. The van der Waals surface area contributed by atoms with Crippen molar-refractivity contribution in [2.45, 2.75) is 24.3 Å². The summed E-state index contributed by atoms with van der Waals surface area (Å²) in [6.07, 6.45) is 0.231. The zero-order valence-electron chi connectivity index (χ0n) is 10.9. The molecule has 0 spiro atoms. The number of aliphatic hydroxyl groups is 1. The monoisotopic (exact) mass is 274 g/mol. The zero-order valence-corrected chi connectivity index (χ0v) is 11.7. The first-order valence-corrected chi connectivity index (χ1v) is 7.27. The van der Waals surface area contributed by atoms with Crippen molar-refractivity contribution >= 4 is 11.8 Å². The molecule has 0 aliphatic carbocycles. The van der Waals surface area contributed by atoms with Gasteiger partial charge in [0.1, 0.15) is 5.75 Å². The fraction of sp³-hybridized carbons (Fsp3) is 0.250. The van der Waals surface area contributed by atoms with E-state index in [4.69, 9.17) is 0 Å². The van der Waals surface area contributed by atoms with Crippen LogP contribution in [0.4, 0.5) is 0 Å². The molecule has 0 amide bonds. The first kappa shape index (κ1) is 14.0. The Kier molecular flexibility index (Phi) is 4.88. The minimum Gasteiger partial charge on any atom is -0.508 e. The molecule has 2 N–H and O–H groups in total. The maximum absolute atomic E-state index is 10.0. The third-order valence-electron chi connectivity index (χ3n) is 2.84. The number of rotatable bonds is 5. The van der Waals surface area contributed by atoms with E-state index < -0.39 is 0 Å². The van der Waals surface area contributed by atoms with Gasteiger partial charge in [0, 0.05) is 10.6 Å². The second-order valence-corrected chi connectivity index (χ2v) is 5.75. The molecule has 2 aromatic rings. The lowest BCUT2D eigenvalue weighted by Crippen LogP contribution is -2.13. The number of aromatic hydroxyl groups is 1. The van der Waals surface area contributed by atoms with Crippen molar-refractivity contribution in [1.29, 1.82) is 0 Å². The average Bonchev–Trinajstić information content (AvgIpc) is 2.39. The Morgan fingerprint density at radius 3 is 2.53 bits per heavy atom. The van der Waals surface area contributed by atoms with E-state index in [9.17, 15) is 10.2 Å². The molecule has 0 heterocycles. The Morgan fingerprint density at radius 1 is 1.11 bits per heavy atom. The molecular weight excluding hydrogens is 256 g/mol. The highest BCUT2D eigenvalue weighted by molar-refractivity contribution is 7.99. The van der Waals surface area contributed by atoms with Crippen molar-refractivity contribution in [2.24, 2.45) is 0 Å².